The highest BCUT2D eigenvalue weighted by Gasteiger charge is 2.41. The zero-order chi connectivity index (χ0) is 16.4. The fourth-order valence-electron chi connectivity index (χ4n) is 3.20. The second-order valence-corrected chi connectivity index (χ2v) is 5.87. The second kappa shape index (κ2) is 6.30. The quantitative estimate of drug-likeness (QED) is 0.790. The highest BCUT2D eigenvalue weighted by atomic mass is 16.2. The van der Waals surface area contributed by atoms with Gasteiger partial charge in [0.25, 0.3) is 0 Å². The fraction of sp³-hybridized carbons (Fsp3) is 0.0952. The highest BCUT2D eigenvalue weighted by Crippen LogP contribution is 2.36. The van der Waals surface area contributed by atoms with Crippen LogP contribution in [-0.2, 0) is 4.79 Å². The van der Waals surface area contributed by atoms with E-state index in [0.29, 0.717) is 0 Å². The first kappa shape index (κ1) is 14.7. The highest BCUT2D eigenvalue weighted by molar-refractivity contribution is 6.00. The van der Waals surface area contributed by atoms with Crippen molar-refractivity contribution in [1.29, 1.82) is 0 Å². The average molecular weight is 314 g/mol. The minimum Gasteiger partial charge on any atom is -0.290 e. The van der Waals surface area contributed by atoms with Crippen molar-refractivity contribution in [3.8, 4) is 0 Å². The van der Waals surface area contributed by atoms with Gasteiger partial charge in [-0.1, -0.05) is 78.9 Å². The van der Waals surface area contributed by atoms with Gasteiger partial charge in [0.15, 0.2) is 0 Å². The molecule has 1 heterocycles. The van der Waals surface area contributed by atoms with Crippen molar-refractivity contribution in [3.63, 3.8) is 0 Å². The normalized spacial score (nSPS) is 20.3. The largest absolute Gasteiger partial charge is 0.290 e. The van der Waals surface area contributed by atoms with Crippen LogP contribution in [0.5, 0.6) is 0 Å². The SMILES string of the molecule is O=C1C(c2ccccc2)NC(c2ccccc2)N1c1ccccc1. The molecule has 0 radical (unpaired) electrons. The lowest BCUT2D eigenvalue weighted by Gasteiger charge is -2.24. The third kappa shape index (κ3) is 2.59. The summed E-state index contributed by atoms with van der Waals surface area (Å²) in [6.45, 7) is 0. The molecular weight excluding hydrogens is 296 g/mol. The molecule has 1 aliphatic heterocycles. The lowest BCUT2D eigenvalue weighted by molar-refractivity contribution is -0.118. The van der Waals surface area contributed by atoms with E-state index >= 15 is 0 Å². The maximum Gasteiger partial charge on any atom is 0.250 e. The van der Waals surface area contributed by atoms with Crippen LogP contribution in [0, 0.1) is 0 Å². The van der Waals surface area contributed by atoms with Crippen LogP contribution in [0.25, 0.3) is 0 Å². The number of carbonyl (C=O) groups excluding carboxylic acids is 1. The lowest BCUT2D eigenvalue weighted by atomic mass is 10.1. The Morgan fingerprint density at radius 3 is 1.75 bits per heavy atom. The van der Waals surface area contributed by atoms with Crippen molar-refractivity contribution in [2.45, 2.75) is 12.2 Å². The van der Waals surface area contributed by atoms with Crippen molar-refractivity contribution >= 4 is 11.6 Å². The molecule has 3 heteroatoms. The number of carbonyl (C=O) groups is 1. The Kier molecular flexibility index (Phi) is 3.85. The summed E-state index contributed by atoms with van der Waals surface area (Å²) in [6.07, 6.45) is -0.175. The van der Waals surface area contributed by atoms with Crippen molar-refractivity contribution in [2.75, 3.05) is 4.90 Å². The van der Waals surface area contributed by atoms with Gasteiger partial charge in [-0.3, -0.25) is 15.0 Å². The first-order chi connectivity index (χ1) is 11.8. The third-order valence-electron chi connectivity index (χ3n) is 4.35. The summed E-state index contributed by atoms with van der Waals surface area (Å²) in [7, 11) is 0. The van der Waals surface area contributed by atoms with E-state index in [-0.39, 0.29) is 18.1 Å². The van der Waals surface area contributed by atoms with E-state index in [4.69, 9.17) is 0 Å². The van der Waals surface area contributed by atoms with Gasteiger partial charge < -0.3 is 0 Å². The van der Waals surface area contributed by atoms with Crippen molar-refractivity contribution < 1.29 is 4.79 Å². The van der Waals surface area contributed by atoms with Gasteiger partial charge in [0.1, 0.15) is 12.2 Å². The fourth-order valence-corrected chi connectivity index (χ4v) is 3.20. The van der Waals surface area contributed by atoms with Crippen molar-refractivity contribution in [3.05, 3.63) is 102 Å². The molecule has 118 valence electrons. The number of anilines is 1. The van der Waals surface area contributed by atoms with Crippen LogP contribution in [0.3, 0.4) is 0 Å². The molecular formula is C21H18N2O. The molecule has 3 aromatic carbocycles. The molecule has 2 unspecified atom stereocenters. The molecule has 0 saturated carbocycles. The number of hydrogen-bond acceptors (Lipinski definition) is 2. The van der Waals surface area contributed by atoms with Gasteiger partial charge >= 0.3 is 0 Å². The Labute approximate surface area is 141 Å². The first-order valence-corrected chi connectivity index (χ1v) is 8.08. The van der Waals surface area contributed by atoms with E-state index in [0.717, 1.165) is 16.8 Å². The Morgan fingerprint density at radius 2 is 1.17 bits per heavy atom. The summed E-state index contributed by atoms with van der Waals surface area (Å²) in [4.78, 5) is 15.0. The maximum atomic E-state index is 13.2. The first-order valence-electron chi connectivity index (χ1n) is 8.08. The standard InChI is InChI=1S/C21H18N2O/c24-21-19(16-10-4-1-5-11-16)22-20(17-12-6-2-7-13-17)23(21)18-14-8-3-9-15-18/h1-15,19-20,22H. The van der Waals surface area contributed by atoms with E-state index in [1.54, 1.807) is 0 Å². The molecule has 3 aromatic rings. The zero-order valence-corrected chi connectivity index (χ0v) is 13.2. The Balaban J connectivity index is 1.77. The smallest absolute Gasteiger partial charge is 0.250 e. The summed E-state index contributed by atoms with van der Waals surface area (Å²) < 4.78 is 0. The molecule has 1 aliphatic rings. The molecule has 1 fully saturated rings. The molecule has 0 aliphatic carbocycles. The topological polar surface area (TPSA) is 32.3 Å². The molecule has 3 nitrogen and oxygen atoms in total. The van der Waals surface area contributed by atoms with Crippen LogP contribution in [-0.4, -0.2) is 5.91 Å². The minimum atomic E-state index is -0.336. The van der Waals surface area contributed by atoms with Gasteiger partial charge in [0.2, 0.25) is 5.91 Å². The number of benzene rings is 3. The Hall–Kier alpha value is -2.91. The average Bonchev–Trinajstić information content (AvgIpc) is 3.01. The zero-order valence-electron chi connectivity index (χ0n) is 13.2. The van der Waals surface area contributed by atoms with Crippen LogP contribution in [0.4, 0.5) is 5.69 Å². The van der Waals surface area contributed by atoms with Crippen molar-refractivity contribution in [2.24, 2.45) is 0 Å². The predicted octanol–water partition coefficient (Wildman–Crippen LogP) is 4.06. The summed E-state index contributed by atoms with van der Waals surface area (Å²) in [6, 6.07) is 29.5. The van der Waals surface area contributed by atoms with Gasteiger partial charge in [-0.2, -0.15) is 0 Å². The predicted molar refractivity (Wildman–Crippen MR) is 95.4 cm³/mol. The van der Waals surface area contributed by atoms with Gasteiger partial charge in [-0.05, 0) is 23.3 Å². The number of nitrogens with one attached hydrogen (secondary N) is 1. The number of nitrogens with zero attached hydrogens (tertiary/aromatic N) is 1. The van der Waals surface area contributed by atoms with E-state index in [2.05, 4.69) is 5.32 Å². The van der Waals surface area contributed by atoms with E-state index < -0.39 is 0 Å². The molecule has 0 bridgehead atoms. The number of amides is 1. The van der Waals surface area contributed by atoms with E-state index in [1.165, 1.54) is 0 Å². The number of rotatable bonds is 3. The molecule has 2 atom stereocenters. The summed E-state index contributed by atoms with van der Waals surface area (Å²) >= 11 is 0. The molecule has 0 spiro atoms. The lowest BCUT2D eigenvalue weighted by Crippen LogP contribution is -2.30. The third-order valence-corrected chi connectivity index (χ3v) is 4.35. The minimum absolute atomic E-state index is 0.0706. The van der Waals surface area contributed by atoms with Gasteiger partial charge in [-0.15, -0.1) is 0 Å². The molecule has 1 N–H and O–H groups in total. The van der Waals surface area contributed by atoms with Crippen LogP contribution in [0.2, 0.25) is 0 Å². The number of para-hydroxylation sites is 1. The van der Waals surface area contributed by atoms with Gasteiger partial charge in [0, 0.05) is 5.69 Å². The van der Waals surface area contributed by atoms with Crippen LogP contribution in [0.1, 0.15) is 23.3 Å². The van der Waals surface area contributed by atoms with Crippen LogP contribution < -0.4 is 10.2 Å². The number of hydrogen-bond donors (Lipinski definition) is 1. The van der Waals surface area contributed by atoms with Gasteiger partial charge in [-0.25, -0.2) is 0 Å². The summed E-state index contributed by atoms with van der Waals surface area (Å²) in [5, 5.41) is 3.50. The van der Waals surface area contributed by atoms with Crippen LogP contribution in [0.15, 0.2) is 91.0 Å². The van der Waals surface area contributed by atoms with Crippen molar-refractivity contribution in [1.82, 2.24) is 5.32 Å². The summed E-state index contributed by atoms with van der Waals surface area (Å²) in [5.74, 6) is 0.0706. The monoisotopic (exact) mass is 314 g/mol. The molecule has 1 saturated heterocycles. The molecule has 24 heavy (non-hydrogen) atoms. The molecule has 0 aromatic heterocycles. The Morgan fingerprint density at radius 1 is 0.667 bits per heavy atom. The molecule has 4 rings (SSSR count). The Bertz CT molecular complexity index is 818. The molecule has 1 amide bonds. The maximum absolute atomic E-state index is 13.2. The van der Waals surface area contributed by atoms with Gasteiger partial charge in [0.05, 0.1) is 0 Å². The summed E-state index contributed by atoms with van der Waals surface area (Å²) in [5.41, 5.74) is 2.97. The van der Waals surface area contributed by atoms with Crippen LogP contribution >= 0.6 is 0 Å². The van der Waals surface area contributed by atoms with E-state index in [1.807, 2.05) is 95.9 Å². The van der Waals surface area contributed by atoms with E-state index in [9.17, 15) is 4.79 Å². The second-order valence-electron chi connectivity index (χ2n) is 5.87.